The minimum absolute atomic E-state index is 0.135. The Morgan fingerprint density at radius 1 is 1.58 bits per heavy atom. The van der Waals surface area contributed by atoms with Gasteiger partial charge in [-0.25, -0.2) is 4.79 Å². The Balaban J connectivity index is 2.95. The Bertz CT molecular complexity index is 513. The van der Waals surface area contributed by atoms with Crippen molar-refractivity contribution < 1.29 is 19.7 Å². The zero-order valence-corrected chi connectivity index (χ0v) is 10.2. The second-order valence-corrected chi connectivity index (χ2v) is 3.76. The molecule has 4 N–H and O–H groups in total. The maximum atomic E-state index is 11.3. The van der Waals surface area contributed by atoms with E-state index < -0.39 is 18.2 Å². The Morgan fingerprint density at radius 2 is 2.26 bits per heavy atom. The Labute approximate surface area is 109 Å². The van der Waals surface area contributed by atoms with Crippen LogP contribution in [0.3, 0.4) is 0 Å². The number of benzene rings is 1. The van der Waals surface area contributed by atoms with Gasteiger partial charge in [0.1, 0.15) is 6.10 Å². The average Bonchev–Trinajstić information content (AvgIpc) is 2.42. The van der Waals surface area contributed by atoms with E-state index in [0.717, 1.165) is 0 Å². The van der Waals surface area contributed by atoms with Crippen molar-refractivity contribution in [2.75, 3.05) is 19.4 Å². The van der Waals surface area contributed by atoms with Crippen LogP contribution in [0.1, 0.15) is 22.0 Å². The monoisotopic (exact) mass is 266 g/mol. The zero-order chi connectivity index (χ0) is 14.4. The number of ether oxygens (including phenoxy) is 1. The molecule has 0 fully saturated rings. The number of methoxy groups -OCH3 is 1. The van der Waals surface area contributed by atoms with Crippen LogP contribution < -0.4 is 5.73 Å². The molecule has 0 amide bonds. The third-order valence-corrected chi connectivity index (χ3v) is 2.52. The molecular weight excluding hydrogens is 252 g/mol. The van der Waals surface area contributed by atoms with Crippen molar-refractivity contribution in [3.05, 3.63) is 39.8 Å². The summed E-state index contributed by atoms with van der Waals surface area (Å²) in [5.74, 6) is -0.553. The standard InChI is InChI=1S/C11H14N4O4/c1-19-11(18)6-2-3-7(8(12)4-6)10(17)9(16)5-14-15-13/h2-4,9-10,16-17H,5,12H2,1H3. The first-order valence-corrected chi connectivity index (χ1v) is 5.36. The van der Waals surface area contributed by atoms with Gasteiger partial charge in [-0.3, -0.25) is 0 Å². The first-order valence-electron chi connectivity index (χ1n) is 5.36. The smallest absolute Gasteiger partial charge is 0.337 e. The molecule has 0 heterocycles. The highest BCUT2D eigenvalue weighted by molar-refractivity contribution is 5.90. The van der Waals surface area contributed by atoms with Gasteiger partial charge in [0, 0.05) is 16.2 Å². The second kappa shape index (κ2) is 6.60. The Kier molecular flexibility index (Phi) is 5.13. The van der Waals surface area contributed by atoms with Gasteiger partial charge in [0.2, 0.25) is 0 Å². The molecule has 0 aliphatic heterocycles. The maximum Gasteiger partial charge on any atom is 0.337 e. The summed E-state index contributed by atoms with van der Waals surface area (Å²) in [4.78, 5) is 13.8. The van der Waals surface area contributed by atoms with Crippen LogP contribution in [0.15, 0.2) is 23.3 Å². The van der Waals surface area contributed by atoms with Gasteiger partial charge in [-0.2, -0.15) is 0 Å². The molecule has 1 rings (SSSR count). The normalized spacial score (nSPS) is 13.2. The number of aliphatic hydroxyl groups is 2. The van der Waals surface area contributed by atoms with E-state index in [-0.39, 0.29) is 23.4 Å². The molecule has 0 saturated carbocycles. The highest BCUT2D eigenvalue weighted by atomic mass is 16.5. The largest absolute Gasteiger partial charge is 0.465 e. The minimum Gasteiger partial charge on any atom is -0.465 e. The van der Waals surface area contributed by atoms with Crippen molar-refractivity contribution in [1.29, 1.82) is 0 Å². The lowest BCUT2D eigenvalue weighted by atomic mass is 10.0. The van der Waals surface area contributed by atoms with Crippen LogP contribution in [-0.4, -0.2) is 35.9 Å². The third-order valence-electron chi connectivity index (χ3n) is 2.52. The molecule has 2 atom stereocenters. The van der Waals surface area contributed by atoms with Crippen LogP contribution in [0.2, 0.25) is 0 Å². The van der Waals surface area contributed by atoms with Crippen LogP contribution in [-0.2, 0) is 4.74 Å². The highest BCUT2D eigenvalue weighted by Gasteiger charge is 2.20. The molecule has 2 unspecified atom stereocenters. The van der Waals surface area contributed by atoms with Crippen molar-refractivity contribution in [3.63, 3.8) is 0 Å². The number of esters is 1. The number of carbonyl (C=O) groups is 1. The quantitative estimate of drug-likeness (QED) is 0.237. The van der Waals surface area contributed by atoms with Crippen LogP contribution in [0.5, 0.6) is 0 Å². The number of nitrogens with two attached hydrogens (primary N) is 1. The molecule has 0 bridgehead atoms. The molecule has 0 saturated heterocycles. The predicted molar refractivity (Wildman–Crippen MR) is 67.2 cm³/mol. The van der Waals surface area contributed by atoms with Gasteiger partial charge in [0.25, 0.3) is 0 Å². The van der Waals surface area contributed by atoms with Crippen LogP contribution >= 0.6 is 0 Å². The molecule has 8 nitrogen and oxygen atoms in total. The van der Waals surface area contributed by atoms with Crippen LogP contribution in [0.25, 0.3) is 10.4 Å². The van der Waals surface area contributed by atoms with E-state index in [1.165, 1.54) is 25.3 Å². The topological polar surface area (TPSA) is 142 Å². The first kappa shape index (κ1) is 14.8. The summed E-state index contributed by atoms with van der Waals surface area (Å²) in [5, 5.41) is 22.6. The van der Waals surface area contributed by atoms with Crippen molar-refractivity contribution in [3.8, 4) is 0 Å². The average molecular weight is 266 g/mol. The second-order valence-electron chi connectivity index (χ2n) is 3.76. The van der Waals surface area contributed by atoms with E-state index >= 15 is 0 Å². The number of nitrogen functional groups attached to an aromatic ring is 1. The van der Waals surface area contributed by atoms with Crippen LogP contribution in [0.4, 0.5) is 5.69 Å². The summed E-state index contributed by atoms with van der Waals surface area (Å²) in [6.45, 7) is -0.282. The molecule has 0 aliphatic carbocycles. The number of hydrogen-bond donors (Lipinski definition) is 3. The van der Waals surface area contributed by atoms with Crippen molar-refractivity contribution in [1.82, 2.24) is 0 Å². The van der Waals surface area contributed by atoms with E-state index in [4.69, 9.17) is 11.3 Å². The molecular formula is C11H14N4O4. The molecule has 1 aromatic carbocycles. The van der Waals surface area contributed by atoms with Gasteiger partial charge in [-0.05, 0) is 17.7 Å². The number of nitrogens with zero attached hydrogens (tertiary/aromatic N) is 3. The molecule has 102 valence electrons. The van der Waals surface area contributed by atoms with E-state index in [9.17, 15) is 15.0 Å². The number of carbonyl (C=O) groups excluding carboxylic acids is 1. The number of azide groups is 1. The van der Waals surface area contributed by atoms with Gasteiger partial charge in [-0.15, -0.1) is 0 Å². The van der Waals surface area contributed by atoms with Gasteiger partial charge in [0.15, 0.2) is 0 Å². The van der Waals surface area contributed by atoms with E-state index in [1.54, 1.807) is 0 Å². The summed E-state index contributed by atoms with van der Waals surface area (Å²) in [6, 6.07) is 4.16. The summed E-state index contributed by atoms with van der Waals surface area (Å²) in [7, 11) is 1.24. The molecule has 0 spiro atoms. The Hall–Kier alpha value is -2.28. The van der Waals surface area contributed by atoms with Crippen molar-refractivity contribution in [2.45, 2.75) is 12.2 Å². The summed E-state index contributed by atoms with van der Waals surface area (Å²) in [6.07, 6.45) is -2.58. The highest BCUT2D eigenvalue weighted by Crippen LogP contribution is 2.24. The van der Waals surface area contributed by atoms with Crippen LogP contribution in [0, 0.1) is 0 Å². The Morgan fingerprint density at radius 3 is 2.79 bits per heavy atom. The van der Waals surface area contributed by atoms with Gasteiger partial charge < -0.3 is 20.7 Å². The van der Waals surface area contributed by atoms with Crippen molar-refractivity contribution >= 4 is 11.7 Å². The summed E-state index contributed by atoms with van der Waals surface area (Å²) in [5.41, 5.74) is 14.5. The number of anilines is 1. The van der Waals surface area contributed by atoms with Gasteiger partial charge >= 0.3 is 5.97 Å². The molecule has 1 aromatic rings. The lowest BCUT2D eigenvalue weighted by molar-refractivity contribution is 0.0248. The molecule has 0 aliphatic rings. The molecule has 8 heteroatoms. The summed E-state index contributed by atoms with van der Waals surface area (Å²) >= 11 is 0. The number of aliphatic hydroxyl groups excluding tert-OH is 2. The fraction of sp³-hybridized carbons (Fsp3) is 0.364. The molecule has 0 aromatic heterocycles. The lowest BCUT2D eigenvalue weighted by Crippen LogP contribution is -2.22. The minimum atomic E-state index is -1.31. The molecule has 0 radical (unpaired) electrons. The van der Waals surface area contributed by atoms with Crippen molar-refractivity contribution in [2.24, 2.45) is 5.11 Å². The van der Waals surface area contributed by atoms with E-state index in [1.807, 2.05) is 0 Å². The lowest BCUT2D eigenvalue weighted by Gasteiger charge is -2.18. The van der Waals surface area contributed by atoms with Gasteiger partial charge in [0.05, 0.1) is 25.3 Å². The fourth-order valence-electron chi connectivity index (χ4n) is 1.52. The SMILES string of the molecule is COC(=O)c1ccc(C(O)C(O)CN=[N+]=[N-])c(N)c1. The van der Waals surface area contributed by atoms with E-state index in [0.29, 0.717) is 0 Å². The number of rotatable bonds is 5. The first-order chi connectivity index (χ1) is 9.01. The molecule has 19 heavy (non-hydrogen) atoms. The fourth-order valence-corrected chi connectivity index (χ4v) is 1.52. The maximum absolute atomic E-state index is 11.3. The van der Waals surface area contributed by atoms with E-state index in [2.05, 4.69) is 14.8 Å². The van der Waals surface area contributed by atoms with Gasteiger partial charge in [-0.1, -0.05) is 11.2 Å². The summed E-state index contributed by atoms with van der Waals surface area (Å²) < 4.78 is 4.53. The third kappa shape index (κ3) is 3.59. The predicted octanol–water partition coefficient (Wildman–Crippen LogP) is 0.760. The zero-order valence-electron chi connectivity index (χ0n) is 10.2. The number of hydrogen-bond acceptors (Lipinski definition) is 6.